The predicted molar refractivity (Wildman–Crippen MR) is 86.0 cm³/mol. The fraction of sp³-hybridized carbons (Fsp3) is 0.467. The zero-order chi connectivity index (χ0) is 16.0. The molecule has 0 spiro atoms. The van der Waals surface area contributed by atoms with Gasteiger partial charge in [-0.3, -0.25) is 4.79 Å². The molecule has 0 saturated heterocycles. The summed E-state index contributed by atoms with van der Waals surface area (Å²) in [6, 6.07) is 7.24. The van der Waals surface area contributed by atoms with E-state index >= 15 is 0 Å². The number of carbonyl (C=O) groups is 2. The van der Waals surface area contributed by atoms with Crippen molar-refractivity contribution >= 4 is 29.4 Å². The van der Waals surface area contributed by atoms with Crippen LogP contribution in [0, 0.1) is 0 Å². The number of benzene rings is 1. The van der Waals surface area contributed by atoms with Crippen LogP contribution in [0.4, 0.5) is 10.5 Å². The summed E-state index contributed by atoms with van der Waals surface area (Å²) < 4.78 is 0. The Morgan fingerprint density at radius 2 is 1.81 bits per heavy atom. The van der Waals surface area contributed by atoms with Gasteiger partial charge in [-0.2, -0.15) is 0 Å². The van der Waals surface area contributed by atoms with Crippen molar-refractivity contribution in [3.05, 3.63) is 24.3 Å². The maximum Gasteiger partial charge on any atom is 0.322 e. The maximum atomic E-state index is 12.3. The molecule has 0 aliphatic carbocycles. The predicted octanol–water partition coefficient (Wildman–Crippen LogP) is 3.52. The number of carboxylic acids is 1. The SMILES string of the molecule is CSc1ccc(NC(=O)N(CCC(=O)O)C(C)(C)C)cc1. The Bertz CT molecular complexity index is 495. The van der Waals surface area contributed by atoms with Gasteiger partial charge >= 0.3 is 12.0 Å². The molecule has 0 bridgehead atoms. The topological polar surface area (TPSA) is 69.6 Å². The molecule has 0 unspecified atom stereocenters. The number of hydrogen-bond donors (Lipinski definition) is 2. The zero-order valence-corrected chi connectivity index (χ0v) is 13.7. The van der Waals surface area contributed by atoms with Crippen molar-refractivity contribution in [1.29, 1.82) is 0 Å². The highest BCUT2D eigenvalue weighted by Crippen LogP contribution is 2.20. The number of carboxylic acid groups (broad SMARTS) is 1. The van der Waals surface area contributed by atoms with Crippen LogP contribution in [-0.4, -0.2) is 40.3 Å². The number of urea groups is 1. The quantitative estimate of drug-likeness (QED) is 0.816. The van der Waals surface area contributed by atoms with Crippen LogP contribution in [-0.2, 0) is 4.79 Å². The van der Waals surface area contributed by atoms with Crippen molar-refractivity contribution in [2.45, 2.75) is 37.6 Å². The standard InChI is InChI=1S/C15H22N2O3S/c1-15(2,3)17(10-9-13(18)19)14(20)16-11-5-7-12(21-4)8-6-11/h5-8H,9-10H2,1-4H3,(H,16,20)(H,18,19). The summed E-state index contributed by atoms with van der Waals surface area (Å²) in [5, 5.41) is 11.6. The van der Waals surface area contributed by atoms with Crippen molar-refractivity contribution in [3.63, 3.8) is 0 Å². The van der Waals surface area contributed by atoms with Gasteiger partial charge in [0.2, 0.25) is 0 Å². The summed E-state index contributed by atoms with van der Waals surface area (Å²) >= 11 is 1.63. The Hall–Kier alpha value is -1.69. The summed E-state index contributed by atoms with van der Waals surface area (Å²) in [7, 11) is 0. The van der Waals surface area contributed by atoms with E-state index in [2.05, 4.69) is 5.32 Å². The minimum absolute atomic E-state index is 0.0733. The van der Waals surface area contributed by atoms with E-state index < -0.39 is 11.5 Å². The van der Waals surface area contributed by atoms with Crippen molar-refractivity contribution in [3.8, 4) is 0 Å². The molecule has 1 rings (SSSR count). The van der Waals surface area contributed by atoms with Gasteiger partial charge in [0, 0.05) is 22.7 Å². The van der Waals surface area contributed by atoms with Gasteiger partial charge in [-0.25, -0.2) is 4.79 Å². The first kappa shape index (κ1) is 17.4. The van der Waals surface area contributed by atoms with Gasteiger partial charge < -0.3 is 15.3 Å². The lowest BCUT2D eigenvalue weighted by atomic mass is 10.1. The van der Waals surface area contributed by atoms with E-state index in [0.717, 1.165) is 4.90 Å². The molecule has 2 N–H and O–H groups in total. The second kappa shape index (κ2) is 7.36. The number of nitrogens with zero attached hydrogens (tertiary/aromatic N) is 1. The number of thioether (sulfide) groups is 1. The smallest absolute Gasteiger partial charge is 0.322 e. The van der Waals surface area contributed by atoms with E-state index in [4.69, 9.17) is 5.11 Å². The molecule has 1 aromatic carbocycles. The van der Waals surface area contributed by atoms with Crippen LogP contribution < -0.4 is 5.32 Å². The van der Waals surface area contributed by atoms with E-state index in [9.17, 15) is 9.59 Å². The van der Waals surface area contributed by atoms with Gasteiger partial charge in [0.15, 0.2) is 0 Å². The molecule has 6 heteroatoms. The third kappa shape index (κ3) is 5.67. The Kier molecular flexibility index (Phi) is 6.08. The second-order valence-corrected chi connectivity index (χ2v) is 6.50. The molecule has 0 aromatic heterocycles. The molecule has 21 heavy (non-hydrogen) atoms. The number of amides is 2. The van der Waals surface area contributed by atoms with Gasteiger partial charge in [-0.1, -0.05) is 0 Å². The number of rotatable bonds is 5. The largest absolute Gasteiger partial charge is 0.481 e. The molecule has 0 atom stereocenters. The fourth-order valence-corrected chi connectivity index (χ4v) is 2.22. The Morgan fingerprint density at radius 1 is 1.24 bits per heavy atom. The average Bonchev–Trinajstić information content (AvgIpc) is 2.37. The molecule has 2 amide bonds. The highest BCUT2D eigenvalue weighted by atomic mass is 32.2. The maximum absolute atomic E-state index is 12.3. The van der Waals surface area contributed by atoms with E-state index in [0.29, 0.717) is 5.69 Å². The van der Waals surface area contributed by atoms with Crippen LogP contribution in [0.15, 0.2) is 29.2 Å². The van der Waals surface area contributed by atoms with Gasteiger partial charge in [-0.05, 0) is 51.3 Å². The molecule has 0 saturated carbocycles. The van der Waals surface area contributed by atoms with Gasteiger partial charge in [0.1, 0.15) is 0 Å². The number of anilines is 1. The molecule has 0 aliphatic heterocycles. The molecule has 0 heterocycles. The Labute approximate surface area is 129 Å². The molecule has 116 valence electrons. The highest BCUT2D eigenvalue weighted by Gasteiger charge is 2.26. The van der Waals surface area contributed by atoms with Crippen molar-refractivity contribution in [2.75, 3.05) is 18.1 Å². The molecule has 1 aromatic rings. The third-order valence-corrected chi connectivity index (χ3v) is 3.69. The first-order chi connectivity index (χ1) is 9.74. The summed E-state index contributed by atoms with van der Waals surface area (Å²) in [5.41, 5.74) is 0.251. The second-order valence-electron chi connectivity index (χ2n) is 5.62. The molecule has 0 radical (unpaired) electrons. The van der Waals surface area contributed by atoms with Crippen LogP contribution in [0.25, 0.3) is 0 Å². The minimum Gasteiger partial charge on any atom is -0.481 e. The third-order valence-electron chi connectivity index (χ3n) is 2.95. The summed E-state index contributed by atoms with van der Waals surface area (Å²) in [6.07, 6.45) is 1.91. The van der Waals surface area contributed by atoms with E-state index in [1.54, 1.807) is 11.8 Å². The molecular formula is C15H22N2O3S. The van der Waals surface area contributed by atoms with Crippen molar-refractivity contribution in [2.24, 2.45) is 0 Å². The van der Waals surface area contributed by atoms with E-state index in [1.807, 2.05) is 51.3 Å². The summed E-state index contributed by atoms with van der Waals surface area (Å²) in [4.78, 5) is 25.7. The lowest BCUT2D eigenvalue weighted by Crippen LogP contribution is -2.48. The minimum atomic E-state index is -0.915. The Morgan fingerprint density at radius 3 is 2.24 bits per heavy atom. The monoisotopic (exact) mass is 310 g/mol. The first-order valence-corrected chi connectivity index (χ1v) is 7.91. The molecular weight excluding hydrogens is 288 g/mol. The Balaban J connectivity index is 2.77. The molecule has 5 nitrogen and oxygen atoms in total. The normalized spacial score (nSPS) is 11.0. The van der Waals surface area contributed by atoms with Gasteiger partial charge in [0.05, 0.1) is 6.42 Å². The van der Waals surface area contributed by atoms with Gasteiger partial charge in [-0.15, -0.1) is 11.8 Å². The number of carbonyl (C=O) groups excluding carboxylic acids is 1. The zero-order valence-electron chi connectivity index (χ0n) is 12.8. The number of hydrogen-bond acceptors (Lipinski definition) is 3. The lowest BCUT2D eigenvalue weighted by Gasteiger charge is -2.35. The number of nitrogens with one attached hydrogen (secondary N) is 1. The first-order valence-electron chi connectivity index (χ1n) is 6.68. The molecule has 0 aliphatic rings. The van der Waals surface area contributed by atoms with E-state index in [1.165, 1.54) is 4.90 Å². The van der Waals surface area contributed by atoms with E-state index in [-0.39, 0.29) is 19.0 Å². The van der Waals surface area contributed by atoms with Crippen LogP contribution in [0.5, 0.6) is 0 Å². The van der Waals surface area contributed by atoms with Crippen LogP contribution in [0.2, 0.25) is 0 Å². The van der Waals surface area contributed by atoms with Crippen LogP contribution in [0.1, 0.15) is 27.2 Å². The van der Waals surface area contributed by atoms with Crippen molar-refractivity contribution in [1.82, 2.24) is 4.90 Å². The molecule has 0 fully saturated rings. The lowest BCUT2D eigenvalue weighted by molar-refractivity contribution is -0.137. The van der Waals surface area contributed by atoms with Crippen molar-refractivity contribution < 1.29 is 14.7 Å². The van der Waals surface area contributed by atoms with Crippen LogP contribution in [0.3, 0.4) is 0 Å². The summed E-state index contributed by atoms with van der Waals surface area (Å²) in [5.74, 6) is -0.915. The fourth-order valence-electron chi connectivity index (χ4n) is 1.81. The highest BCUT2D eigenvalue weighted by molar-refractivity contribution is 7.98. The number of aliphatic carboxylic acids is 1. The van der Waals surface area contributed by atoms with Gasteiger partial charge in [0.25, 0.3) is 0 Å². The average molecular weight is 310 g/mol. The van der Waals surface area contributed by atoms with Crippen LogP contribution >= 0.6 is 11.8 Å². The summed E-state index contributed by atoms with van der Waals surface area (Å²) in [6.45, 7) is 5.81.